The zero-order chi connectivity index (χ0) is 44.1. The molecule has 12 rings (SSSR count). The van der Waals surface area contributed by atoms with E-state index in [-0.39, 0.29) is 33.9 Å². The second-order valence-electron chi connectivity index (χ2n) is 23.7. The number of thiophene rings is 2. The lowest BCUT2D eigenvalue weighted by Crippen LogP contribution is -2.59. The number of benzene rings is 6. The molecular weight excluding hydrogens is 800 g/mol. The van der Waals surface area contributed by atoms with Gasteiger partial charge in [0.2, 0.25) is 0 Å². The first-order valence-electron chi connectivity index (χ1n) is 23.3. The molecule has 316 valence electrons. The van der Waals surface area contributed by atoms with Gasteiger partial charge in [-0.25, -0.2) is 0 Å². The van der Waals surface area contributed by atoms with Crippen molar-refractivity contribution in [3.05, 3.63) is 125 Å². The summed E-state index contributed by atoms with van der Waals surface area (Å²) in [5.74, 6) is 0. The van der Waals surface area contributed by atoms with Crippen LogP contribution in [0.3, 0.4) is 0 Å². The molecule has 0 unspecified atom stereocenters. The first kappa shape index (κ1) is 39.7. The predicted octanol–water partition coefficient (Wildman–Crippen LogP) is 15.8. The number of fused-ring (bicyclic) bond motifs is 16. The third-order valence-electron chi connectivity index (χ3n) is 15.5. The molecule has 0 N–H and O–H groups in total. The van der Waals surface area contributed by atoms with E-state index in [9.17, 15) is 0 Å². The summed E-state index contributed by atoms with van der Waals surface area (Å²) in [6.07, 6.45) is 2.36. The van der Waals surface area contributed by atoms with Gasteiger partial charge in [0.1, 0.15) is 0 Å². The number of rotatable bonds is 1. The van der Waals surface area contributed by atoms with Gasteiger partial charge in [-0.1, -0.05) is 132 Å². The first-order valence-corrected chi connectivity index (χ1v) is 24.9. The Morgan fingerprint density at radius 2 is 1.16 bits per heavy atom. The third kappa shape index (κ3) is 5.42. The number of aromatic nitrogens is 1. The largest absolute Gasteiger partial charge is 0.376 e. The fourth-order valence-corrected chi connectivity index (χ4v) is 14.2. The minimum atomic E-state index is -0.0271. The van der Waals surface area contributed by atoms with Crippen LogP contribution in [0.15, 0.2) is 97.1 Å². The fourth-order valence-electron chi connectivity index (χ4n) is 11.7. The van der Waals surface area contributed by atoms with E-state index in [2.05, 4.69) is 196 Å². The highest BCUT2D eigenvalue weighted by Crippen LogP contribution is 2.57. The molecule has 0 fully saturated rings. The molecule has 5 heterocycles. The molecular formula is C58H59BN2S2. The van der Waals surface area contributed by atoms with Crippen LogP contribution in [0.5, 0.6) is 0 Å². The summed E-state index contributed by atoms with van der Waals surface area (Å²) in [5, 5.41) is 6.96. The monoisotopic (exact) mass is 858 g/mol. The van der Waals surface area contributed by atoms with E-state index >= 15 is 0 Å². The number of nitrogens with zero attached hydrogens (tertiary/aromatic N) is 2. The minimum Gasteiger partial charge on any atom is -0.376 e. The number of hydrogen-bond donors (Lipinski definition) is 0. The lowest BCUT2D eigenvalue weighted by Gasteiger charge is -2.46. The molecule has 0 amide bonds. The van der Waals surface area contributed by atoms with Crippen LogP contribution in [0.4, 0.5) is 11.4 Å². The van der Waals surface area contributed by atoms with Crippen molar-refractivity contribution in [3.8, 4) is 16.8 Å². The van der Waals surface area contributed by atoms with Crippen LogP contribution in [0, 0.1) is 0 Å². The topological polar surface area (TPSA) is 8.17 Å². The third-order valence-corrected chi connectivity index (χ3v) is 17.9. The zero-order valence-corrected chi connectivity index (χ0v) is 41.1. The van der Waals surface area contributed by atoms with Crippen LogP contribution in [-0.2, 0) is 27.1 Å². The van der Waals surface area contributed by atoms with Gasteiger partial charge in [-0.05, 0) is 133 Å². The predicted molar refractivity (Wildman–Crippen MR) is 279 cm³/mol. The maximum Gasteiger partial charge on any atom is 0.343 e. The molecule has 2 nitrogen and oxygen atoms in total. The van der Waals surface area contributed by atoms with Crippen LogP contribution in [-0.4, -0.2) is 11.4 Å². The zero-order valence-electron chi connectivity index (χ0n) is 39.4. The lowest BCUT2D eigenvalue weighted by molar-refractivity contribution is 0.332. The van der Waals surface area contributed by atoms with Gasteiger partial charge in [0, 0.05) is 62.7 Å². The van der Waals surface area contributed by atoms with E-state index in [0.29, 0.717) is 0 Å². The molecule has 3 aliphatic rings. The summed E-state index contributed by atoms with van der Waals surface area (Å²) in [5.41, 5.74) is 18.3. The molecule has 63 heavy (non-hydrogen) atoms. The van der Waals surface area contributed by atoms with Crippen molar-refractivity contribution in [2.24, 2.45) is 0 Å². The Morgan fingerprint density at radius 1 is 0.571 bits per heavy atom. The van der Waals surface area contributed by atoms with Gasteiger partial charge in [-0.3, -0.25) is 0 Å². The normalized spacial score (nSPS) is 16.7. The highest BCUT2D eigenvalue weighted by Gasteiger charge is 2.49. The van der Waals surface area contributed by atoms with Crippen LogP contribution in [0.25, 0.3) is 68.9 Å². The maximum absolute atomic E-state index is 2.79. The van der Waals surface area contributed by atoms with Crippen molar-refractivity contribution in [1.82, 2.24) is 4.57 Å². The maximum atomic E-state index is 2.79. The van der Waals surface area contributed by atoms with Crippen LogP contribution >= 0.6 is 22.7 Å². The van der Waals surface area contributed by atoms with E-state index in [1.807, 2.05) is 22.7 Å². The summed E-state index contributed by atoms with van der Waals surface area (Å²) in [6.45, 7) is 31.1. The van der Waals surface area contributed by atoms with Crippen LogP contribution < -0.4 is 15.1 Å². The molecule has 2 aliphatic heterocycles. The first-order chi connectivity index (χ1) is 29.6. The molecule has 0 saturated carbocycles. The van der Waals surface area contributed by atoms with Gasteiger partial charge in [-0.15, -0.1) is 22.7 Å². The Labute approximate surface area is 382 Å². The van der Waals surface area contributed by atoms with Crippen LogP contribution in [0.1, 0.15) is 131 Å². The summed E-state index contributed by atoms with van der Waals surface area (Å²) < 4.78 is 8.32. The van der Waals surface area contributed by atoms with Crippen molar-refractivity contribution in [2.45, 2.75) is 130 Å². The molecule has 9 aromatic rings. The second kappa shape index (κ2) is 12.5. The Morgan fingerprint density at radius 3 is 1.83 bits per heavy atom. The Hall–Kier alpha value is -4.84. The molecule has 0 spiro atoms. The molecule has 0 radical (unpaired) electrons. The standard InChI is InChI=1S/C58H59BN2S2/c1-54(2,3)32-18-22-35(23-19-32)61-43-31-41-40(57(10,11)26-27-58(41,12)13)30-38(43)46-47-36-16-14-15-17-44(36)62-52(47)48-37-28-33(55(4,5)6)20-24-42(37)60-50-39-29-34(56(7,8)9)21-25-45(39)63-53(50)59(61)49(46)51(48)60/h14-25,28-31H,26-27H2,1-13H3. The van der Waals surface area contributed by atoms with Crippen molar-refractivity contribution in [3.63, 3.8) is 0 Å². The molecule has 0 saturated heterocycles. The van der Waals surface area contributed by atoms with Gasteiger partial charge >= 0.3 is 6.85 Å². The summed E-state index contributed by atoms with van der Waals surface area (Å²) in [7, 11) is 0. The van der Waals surface area contributed by atoms with Crippen molar-refractivity contribution in [2.75, 3.05) is 4.81 Å². The lowest BCUT2D eigenvalue weighted by atomic mass is 9.46. The SMILES string of the molecule is CC(C)(C)c1ccc(N2B3c4sc5ccc(C(C)(C)C)cc5c4-n4c5ccc(C(C)(C)C)cc5c5c6sc7ccccc7c6c(c3c54)-c3cc4c(cc32)C(C)(C)CCC4(C)C)cc1. The number of hydrogen-bond acceptors (Lipinski definition) is 3. The quantitative estimate of drug-likeness (QED) is 0.149. The van der Waals surface area contributed by atoms with Crippen molar-refractivity contribution in [1.29, 1.82) is 0 Å². The van der Waals surface area contributed by atoms with Crippen molar-refractivity contribution >= 4 is 103 Å². The summed E-state index contributed by atoms with van der Waals surface area (Å²) in [4.78, 5) is 2.79. The van der Waals surface area contributed by atoms with E-state index < -0.39 is 0 Å². The van der Waals surface area contributed by atoms with Crippen LogP contribution in [0.2, 0.25) is 0 Å². The van der Waals surface area contributed by atoms with E-state index in [4.69, 9.17) is 0 Å². The Kier molecular flexibility index (Phi) is 7.88. The highest BCUT2D eigenvalue weighted by molar-refractivity contribution is 7.32. The van der Waals surface area contributed by atoms with Gasteiger partial charge in [0.05, 0.1) is 16.7 Å². The molecule has 6 aromatic carbocycles. The molecule has 5 heteroatoms. The fraction of sp³-hybridized carbons (Fsp3) is 0.345. The highest BCUT2D eigenvalue weighted by atomic mass is 32.1. The number of anilines is 2. The van der Waals surface area contributed by atoms with Gasteiger partial charge in [0.15, 0.2) is 0 Å². The average molecular weight is 859 g/mol. The molecule has 1 aliphatic carbocycles. The summed E-state index contributed by atoms with van der Waals surface area (Å²) >= 11 is 4.02. The Balaban J connectivity index is 1.35. The minimum absolute atomic E-state index is 0.00922. The smallest absolute Gasteiger partial charge is 0.343 e. The Bertz CT molecular complexity index is 3460. The average Bonchev–Trinajstić information content (AvgIpc) is 3.90. The summed E-state index contributed by atoms with van der Waals surface area (Å²) in [6, 6.07) is 39.1. The second-order valence-corrected chi connectivity index (χ2v) is 25.8. The molecule has 0 atom stereocenters. The van der Waals surface area contributed by atoms with Gasteiger partial charge in [0.25, 0.3) is 0 Å². The van der Waals surface area contributed by atoms with Gasteiger partial charge in [-0.2, -0.15) is 0 Å². The van der Waals surface area contributed by atoms with E-state index in [1.54, 1.807) is 0 Å². The van der Waals surface area contributed by atoms with E-state index in [1.165, 1.54) is 131 Å². The van der Waals surface area contributed by atoms with E-state index in [0.717, 1.165) is 0 Å². The van der Waals surface area contributed by atoms with Crippen molar-refractivity contribution < 1.29 is 0 Å². The molecule has 0 bridgehead atoms. The van der Waals surface area contributed by atoms with Gasteiger partial charge < -0.3 is 9.38 Å². The molecule has 3 aromatic heterocycles.